The Morgan fingerprint density at radius 3 is 3.10 bits per heavy atom. The van der Waals surface area contributed by atoms with E-state index in [1.54, 1.807) is 0 Å². The van der Waals surface area contributed by atoms with Crippen molar-refractivity contribution in [3.05, 3.63) is 35.5 Å². The molecule has 2 aliphatic rings. The molecule has 2 N–H and O–H groups in total. The topological polar surface area (TPSA) is 54.1 Å². The van der Waals surface area contributed by atoms with Crippen molar-refractivity contribution in [2.24, 2.45) is 5.41 Å². The minimum absolute atomic E-state index is 0.0596. The predicted octanol–water partition coefficient (Wildman–Crippen LogP) is 2.35. The number of carbonyl (C=O) groups is 1. The molecule has 0 amide bonds. The van der Waals surface area contributed by atoms with E-state index in [0.717, 1.165) is 32.4 Å². The van der Waals surface area contributed by atoms with E-state index in [-0.39, 0.29) is 11.9 Å². The molecule has 0 saturated carbocycles. The number of aryl methyl sites for hydroxylation is 1. The second-order valence-corrected chi connectivity index (χ2v) is 6.23. The monoisotopic (exact) mass is 284 g/mol. The highest BCUT2D eigenvalue weighted by Gasteiger charge is 2.52. The second-order valence-electron chi connectivity index (χ2n) is 6.23. The van der Waals surface area contributed by atoms with E-state index in [1.165, 1.54) is 29.3 Å². The van der Waals surface area contributed by atoms with Gasteiger partial charge in [-0.2, -0.15) is 0 Å². The molecule has 0 bridgehead atoms. The van der Waals surface area contributed by atoms with Crippen LogP contribution in [-0.4, -0.2) is 31.2 Å². The highest BCUT2D eigenvalue weighted by Crippen LogP contribution is 2.51. The van der Waals surface area contributed by atoms with Crippen LogP contribution in [0, 0.1) is 5.41 Å². The van der Waals surface area contributed by atoms with Crippen LogP contribution in [0.3, 0.4) is 0 Å². The number of hydrogen-bond acceptors (Lipinski definition) is 3. The molecule has 1 aromatic carbocycles. The molecule has 1 fully saturated rings. The fourth-order valence-electron chi connectivity index (χ4n) is 4.32. The van der Waals surface area contributed by atoms with Gasteiger partial charge in [0.2, 0.25) is 0 Å². The Morgan fingerprint density at radius 2 is 2.24 bits per heavy atom. The zero-order valence-corrected chi connectivity index (χ0v) is 12.2. The Bertz CT molecular complexity index is 706. The average molecular weight is 284 g/mol. The summed E-state index contributed by atoms with van der Waals surface area (Å²) in [6.07, 6.45) is 2.76. The number of ether oxygens (including phenoxy) is 1. The van der Waals surface area contributed by atoms with Crippen molar-refractivity contribution in [2.75, 3.05) is 20.2 Å². The van der Waals surface area contributed by atoms with Crippen LogP contribution in [0.4, 0.5) is 0 Å². The van der Waals surface area contributed by atoms with E-state index < -0.39 is 5.41 Å². The van der Waals surface area contributed by atoms with Gasteiger partial charge in [-0.1, -0.05) is 18.2 Å². The summed E-state index contributed by atoms with van der Waals surface area (Å²) < 4.78 is 5.16. The van der Waals surface area contributed by atoms with Crippen molar-refractivity contribution in [1.82, 2.24) is 10.3 Å². The van der Waals surface area contributed by atoms with Gasteiger partial charge in [-0.05, 0) is 37.4 Å². The van der Waals surface area contributed by atoms with Gasteiger partial charge < -0.3 is 15.0 Å². The molecule has 4 heteroatoms. The smallest absolute Gasteiger partial charge is 0.313 e. The number of methoxy groups -OCH3 is 1. The number of benzene rings is 1. The number of nitrogens with one attached hydrogen (secondary N) is 2. The molecule has 1 aliphatic heterocycles. The first-order valence-corrected chi connectivity index (χ1v) is 7.65. The molecule has 1 aliphatic carbocycles. The van der Waals surface area contributed by atoms with Crippen LogP contribution < -0.4 is 5.32 Å². The number of piperidine rings is 1. The van der Waals surface area contributed by atoms with Crippen molar-refractivity contribution >= 4 is 16.9 Å². The van der Waals surface area contributed by atoms with Gasteiger partial charge >= 0.3 is 5.97 Å². The number of aromatic amines is 1. The molecule has 2 aromatic rings. The Kier molecular flexibility index (Phi) is 2.82. The van der Waals surface area contributed by atoms with E-state index in [9.17, 15) is 4.79 Å². The van der Waals surface area contributed by atoms with Crippen LogP contribution in [0.1, 0.15) is 30.0 Å². The van der Waals surface area contributed by atoms with Crippen molar-refractivity contribution in [3.63, 3.8) is 0 Å². The lowest BCUT2D eigenvalue weighted by Crippen LogP contribution is -2.52. The summed E-state index contributed by atoms with van der Waals surface area (Å²) in [5.74, 6) is 0.196. The molecule has 21 heavy (non-hydrogen) atoms. The van der Waals surface area contributed by atoms with Crippen LogP contribution in [0.25, 0.3) is 10.9 Å². The quantitative estimate of drug-likeness (QED) is 0.790. The zero-order valence-electron chi connectivity index (χ0n) is 12.2. The molecular formula is C17H20N2O2. The second kappa shape index (κ2) is 4.60. The van der Waals surface area contributed by atoms with Crippen molar-refractivity contribution < 1.29 is 9.53 Å². The Balaban J connectivity index is 1.92. The molecule has 1 aromatic heterocycles. The standard InChI is InChI=1S/C17H20N2O2/c1-21-16(20)17-8-6-14-15(12(17)7-9-18-10-17)11-4-2-3-5-13(11)19-14/h2-5,12,18-19H,6-10H2,1H3/t12-,17-/m0/s1. The maximum atomic E-state index is 12.5. The Hall–Kier alpha value is -1.81. The van der Waals surface area contributed by atoms with E-state index in [1.807, 2.05) is 0 Å². The molecular weight excluding hydrogens is 264 g/mol. The summed E-state index contributed by atoms with van der Waals surface area (Å²) in [5.41, 5.74) is 3.44. The Labute approximate surface area is 123 Å². The number of aromatic nitrogens is 1. The van der Waals surface area contributed by atoms with Crippen LogP contribution in [0.5, 0.6) is 0 Å². The first-order chi connectivity index (χ1) is 10.3. The summed E-state index contributed by atoms with van der Waals surface area (Å²) >= 11 is 0. The van der Waals surface area contributed by atoms with Gasteiger partial charge in [-0.3, -0.25) is 4.79 Å². The van der Waals surface area contributed by atoms with Crippen LogP contribution in [0.15, 0.2) is 24.3 Å². The number of H-pyrrole nitrogens is 1. The lowest BCUT2D eigenvalue weighted by atomic mass is 9.62. The van der Waals surface area contributed by atoms with Gasteiger partial charge in [0, 0.05) is 29.1 Å². The third-order valence-corrected chi connectivity index (χ3v) is 5.31. The molecule has 4 nitrogen and oxygen atoms in total. The number of para-hydroxylation sites is 1. The summed E-state index contributed by atoms with van der Waals surface area (Å²) in [5, 5.41) is 4.67. The number of esters is 1. The molecule has 110 valence electrons. The highest BCUT2D eigenvalue weighted by atomic mass is 16.5. The molecule has 2 atom stereocenters. The van der Waals surface area contributed by atoms with Gasteiger partial charge in [-0.15, -0.1) is 0 Å². The number of rotatable bonds is 1. The van der Waals surface area contributed by atoms with E-state index in [2.05, 4.69) is 34.6 Å². The number of hydrogen-bond donors (Lipinski definition) is 2. The van der Waals surface area contributed by atoms with Crippen molar-refractivity contribution in [3.8, 4) is 0 Å². The van der Waals surface area contributed by atoms with Crippen molar-refractivity contribution in [2.45, 2.75) is 25.2 Å². The van der Waals surface area contributed by atoms with Crippen LogP contribution >= 0.6 is 0 Å². The van der Waals surface area contributed by atoms with Gasteiger partial charge in [0.15, 0.2) is 0 Å². The maximum Gasteiger partial charge on any atom is 0.313 e. The minimum Gasteiger partial charge on any atom is -0.469 e. The van der Waals surface area contributed by atoms with E-state index in [4.69, 9.17) is 4.74 Å². The number of carbonyl (C=O) groups excluding carboxylic acids is 1. The SMILES string of the molecule is COC(=O)[C@]12CCc3[nH]c4ccccc4c3[C@@H]1CCNC2. The van der Waals surface area contributed by atoms with Crippen molar-refractivity contribution in [1.29, 1.82) is 0 Å². The minimum atomic E-state index is -0.398. The van der Waals surface area contributed by atoms with E-state index >= 15 is 0 Å². The third kappa shape index (κ3) is 1.69. The summed E-state index contributed by atoms with van der Waals surface area (Å²) in [6.45, 7) is 1.69. The normalized spacial score (nSPS) is 28.0. The fourth-order valence-corrected chi connectivity index (χ4v) is 4.32. The molecule has 0 spiro atoms. The van der Waals surface area contributed by atoms with Gasteiger partial charge in [0.25, 0.3) is 0 Å². The first kappa shape index (κ1) is 12.9. The Morgan fingerprint density at radius 1 is 1.38 bits per heavy atom. The fraction of sp³-hybridized carbons (Fsp3) is 0.471. The highest BCUT2D eigenvalue weighted by molar-refractivity contribution is 5.88. The average Bonchev–Trinajstić information content (AvgIpc) is 2.92. The van der Waals surface area contributed by atoms with E-state index in [0.29, 0.717) is 0 Å². The van der Waals surface area contributed by atoms with Gasteiger partial charge in [0.05, 0.1) is 12.5 Å². The van der Waals surface area contributed by atoms with Crippen LogP contribution in [-0.2, 0) is 16.0 Å². The molecule has 0 radical (unpaired) electrons. The lowest BCUT2D eigenvalue weighted by molar-refractivity contribution is -0.156. The predicted molar refractivity (Wildman–Crippen MR) is 81.3 cm³/mol. The maximum absolute atomic E-state index is 12.5. The largest absolute Gasteiger partial charge is 0.469 e. The zero-order chi connectivity index (χ0) is 14.4. The summed E-state index contributed by atoms with van der Waals surface area (Å²) in [4.78, 5) is 16.1. The third-order valence-electron chi connectivity index (χ3n) is 5.31. The molecule has 2 heterocycles. The number of fused-ring (bicyclic) bond motifs is 5. The molecule has 4 rings (SSSR count). The first-order valence-electron chi connectivity index (χ1n) is 7.65. The van der Waals surface area contributed by atoms with Gasteiger partial charge in [0.1, 0.15) is 0 Å². The van der Waals surface area contributed by atoms with Crippen LogP contribution in [0.2, 0.25) is 0 Å². The molecule has 0 unspecified atom stereocenters. The van der Waals surface area contributed by atoms with Gasteiger partial charge in [-0.25, -0.2) is 0 Å². The summed E-state index contributed by atoms with van der Waals surface area (Å²) in [7, 11) is 1.51. The molecule has 1 saturated heterocycles. The summed E-state index contributed by atoms with van der Waals surface area (Å²) in [6, 6.07) is 8.42. The lowest BCUT2D eigenvalue weighted by Gasteiger charge is -2.45.